The first-order chi connectivity index (χ1) is 9.54. The van der Waals surface area contributed by atoms with E-state index < -0.39 is 11.9 Å². The van der Waals surface area contributed by atoms with Crippen molar-refractivity contribution in [2.24, 2.45) is 0 Å². The Morgan fingerprint density at radius 2 is 2.15 bits per heavy atom. The summed E-state index contributed by atoms with van der Waals surface area (Å²) in [6.07, 6.45) is 2.05. The summed E-state index contributed by atoms with van der Waals surface area (Å²) in [6.45, 7) is 1.70. The maximum absolute atomic E-state index is 12.9. The third kappa shape index (κ3) is 4.62. The Hall–Kier alpha value is -1.95. The van der Waals surface area contributed by atoms with E-state index in [0.29, 0.717) is 11.7 Å². The van der Waals surface area contributed by atoms with Gasteiger partial charge in [0.15, 0.2) is 0 Å². The van der Waals surface area contributed by atoms with Crippen LogP contribution in [0.4, 0.5) is 10.1 Å². The Morgan fingerprint density at radius 1 is 1.40 bits per heavy atom. The fourth-order valence-electron chi connectivity index (χ4n) is 1.66. The Balaban J connectivity index is 1.72. The zero-order valence-electron chi connectivity index (χ0n) is 11.3. The summed E-state index contributed by atoms with van der Waals surface area (Å²) < 4.78 is 12.9. The first-order valence-electron chi connectivity index (χ1n) is 6.64. The number of hydrogen-bond acceptors (Lipinski definition) is 3. The molecule has 5 nitrogen and oxygen atoms in total. The fraction of sp³-hybridized carbons (Fsp3) is 0.429. The van der Waals surface area contributed by atoms with Crippen LogP contribution in [0.3, 0.4) is 0 Å². The molecule has 1 aliphatic rings. The summed E-state index contributed by atoms with van der Waals surface area (Å²) in [5, 5.41) is 8.24. The van der Waals surface area contributed by atoms with Crippen molar-refractivity contribution < 1.29 is 14.0 Å². The van der Waals surface area contributed by atoms with E-state index in [-0.39, 0.29) is 18.4 Å². The Labute approximate surface area is 116 Å². The van der Waals surface area contributed by atoms with Gasteiger partial charge in [0.25, 0.3) is 0 Å². The minimum Gasteiger partial charge on any atom is -0.352 e. The lowest BCUT2D eigenvalue weighted by Crippen LogP contribution is -2.45. The number of nitrogens with one attached hydrogen (secondary N) is 3. The van der Waals surface area contributed by atoms with E-state index in [2.05, 4.69) is 16.0 Å². The van der Waals surface area contributed by atoms with Crippen molar-refractivity contribution in [3.63, 3.8) is 0 Å². The monoisotopic (exact) mass is 279 g/mol. The lowest BCUT2D eigenvalue weighted by Gasteiger charge is -2.13. The summed E-state index contributed by atoms with van der Waals surface area (Å²) >= 11 is 0. The molecule has 3 N–H and O–H groups in total. The number of carbonyl (C=O) groups is 2. The molecule has 0 heterocycles. The van der Waals surface area contributed by atoms with Crippen molar-refractivity contribution in [2.45, 2.75) is 31.8 Å². The molecule has 1 aromatic rings. The average molecular weight is 279 g/mol. The molecular formula is C14H18FN3O2. The molecule has 0 spiro atoms. The van der Waals surface area contributed by atoms with Crippen LogP contribution in [-0.4, -0.2) is 30.4 Å². The van der Waals surface area contributed by atoms with Crippen LogP contribution in [0, 0.1) is 5.82 Å². The second-order valence-electron chi connectivity index (χ2n) is 4.94. The molecule has 0 radical (unpaired) electrons. The summed E-state index contributed by atoms with van der Waals surface area (Å²) in [4.78, 5) is 23.3. The molecule has 1 aromatic carbocycles. The van der Waals surface area contributed by atoms with Crippen LogP contribution in [0.15, 0.2) is 24.3 Å². The molecule has 2 rings (SSSR count). The van der Waals surface area contributed by atoms with E-state index in [1.807, 2.05) is 0 Å². The lowest BCUT2D eigenvalue weighted by molar-refractivity contribution is -0.123. The first kappa shape index (κ1) is 14.5. The van der Waals surface area contributed by atoms with E-state index in [9.17, 15) is 14.0 Å². The highest BCUT2D eigenvalue weighted by molar-refractivity contribution is 5.92. The van der Waals surface area contributed by atoms with E-state index >= 15 is 0 Å². The van der Waals surface area contributed by atoms with Gasteiger partial charge in [-0.2, -0.15) is 0 Å². The zero-order valence-corrected chi connectivity index (χ0v) is 11.3. The molecule has 1 aliphatic carbocycles. The number of rotatable bonds is 6. The topological polar surface area (TPSA) is 70.2 Å². The highest BCUT2D eigenvalue weighted by Crippen LogP contribution is 2.18. The van der Waals surface area contributed by atoms with Crippen LogP contribution in [0.1, 0.15) is 19.8 Å². The Morgan fingerprint density at radius 3 is 2.80 bits per heavy atom. The molecule has 0 saturated heterocycles. The Kier molecular flexibility index (Phi) is 4.68. The van der Waals surface area contributed by atoms with E-state index in [4.69, 9.17) is 0 Å². The largest absolute Gasteiger partial charge is 0.352 e. The van der Waals surface area contributed by atoms with Crippen molar-refractivity contribution in [3.05, 3.63) is 30.1 Å². The van der Waals surface area contributed by atoms with Gasteiger partial charge in [0, 0.05) is 11.7 Å². The van der Waals surface area contributed by atoms with Gasteiger partial charge in [-0.3, -0.25) is 14.9 Å². The third-order valence-electron chi connectivity index (χ3n) is 2.99. The standard InChI is InChI=1S/C14H18FN3O2/c1-9(14(20)18-11-5-6-11)16-8-13(19)17-12-4-2-3-10(15)7-12/h2-4,7,9,11,16H,5-6,8H2,1H3,(H,17,19)(H,18,20). The summed E-state index contributed by atoms with van der Waals surface area (Å²) in [5.41, 5.74) is 0.395. The molecule has 1 saturated carbocycles. The number of halogens is 1. The third-order valence-corrected chi connectivity index (χ3v) is 2.99. The molecule has 1 fully saturated rings. The highest BCUT2D eigenvalue weighted by atomic mass is 19.1. The van der Waals surface area contributed by atoms with Crippen molar-refractivity contribution in [3.8, 4) is 0 Å². The minimum atomic E-state index is -0.436. The summed E-state index contributed by atoms with van der Waals surface area (Å²) in [5.74, 6) is -0.833. The molecule has 1 atom stereocenters. The van der Waals surface area contributed by atoms with Gasteiger partial charge in [0.1, 0.15) is 5.82 Å². The van der Waals surface area contributed by atoms with Crippen LogP contribution in [0.5, 0.6) is 0 Å². The second kappa shape index (κ2) is 6.47. The quantitative estimate of drug-likeness (QED) is 0.728. The molecule has 108 valence electrons. The van der Waals surface area contributed by atoms with Gasteiger partial charge in [-0.05, 0) is 38.0 Å². The van der Waals surface area contributed by atoms with Crippen LogP contribution < -0.4 is 16.0 Å². The van der Waals surface area contributed by atoms with Gasteiger partial charge in [-0.25, -0.2) is 4.39 Å². The molecule has 0 aliphatic heterocycles. The van der Waals surface area contributed by atoms with Crippen molar-refractivity contribution in [1.82, 2.24) is 10.6 Å². The second-order valence-corrected chi connectivity index (χ2v) is 4.94. The van der Waals surface area contributed by atoms with Gasteiger partial charge >= 0.3 is 0 Å². The van der Waals surface area contributed by atoms with E-state index in [0.717, 1.165) is 12.8 Å². The van der Waals surface area contributed by atoms with Crippen LogP contribution in [0.2, 0.25) is 0 Å². The van der Waals surface area contributed by atoms with E-state index in [1.165, 1.54) is 18.2 Å². The number of anilines is 1. The average Bonchev–Trinajstić information content (AvgIpc) is 3.19. The maximum Gasteiger partial charge on any atom is 0.238 e. The van der Waals surface area contributed by atoms with Gasteiger partial charge in [-0.15, -0.1) is 0 Å². The van der Waals surface area contributed by atoms with Crippen molar-refractivity contribution in [1.29, 1.82) is 0 Å². The number of benzene rings is 1. The van der Waals surface area contributed by atoms with Gasteiger partial charge < -0.3 is 10.6 Å². The Bertz CT molecular complexity index is 503. The molecule has 0 aromatic heterocycles. The molecule has 2 amide bonds. The van der Waals surface area contributed by atoms with Crippen LogP contribution >= 0.6 is 0 Å². The molecular weight excluding hydrogens is 261 g/mol. The smallest absolute Gasteiger partial charge is 0.238 e. The normalized spacial score (nSPS) is 15.5. The van der Waals surface area contributed by atoms with Crippen LogP contribution in [0.25, 0.3) is 0 Å². The van der Waals surface area contributed by atoms with Gasteiger partial charge in [0.05, 0.1) is 12.6 Å². The van der Waals surface area contributed by atoms with Gasteiger partial charge in [0.2, 0.25) is 11.8 Å². The predicted octanol–water partition coefficient (Wildman–Crippen LogP) is 1.02. The first-order valence-corrected chi connectivity index (χ1v) is 6.64. The summed E-state index contributed by atoms with van der Waals surface area (Å²) in [7, 11) is 0. The van der Waals surface area contributed by atoms with Crippen molar-refractivity contribution >= 4 is 17.5 Å². The highest BCUT2D eigenvalue weighted by Gasteiger charge is 2.25. The SMILES string of the molecule is CC(NCC(=O)Nc1cccc(F)c1)C(=O)NC1CC1. The number of carbonyl (C=O) groups excluding carboxylic acids is 2. The maximum atomic E-state index is 12.9. The van der Waals surface area contributed by atoms with Gasteiger partial charge in [-0.1, -0.05) is 6.07 Å². The lowest BCUT2D eigenvalue weighted by atomic mass is 10.3. The minimum absolute atomic E-state index is 0.00420. The van der Waals surface area contributed by atoms with E-state index in [1.54, 1.807) is 13.0 Å². The number of hydrogen-bond donors (Lipinski definition) is 3. The number of amides is 2. The molecule has 1 unspecified atom stereocenters. The van der Waals surface area contributed by atoms with Crippen molar-refractivity contribution in [2.75, 3.05) is 11.9 Å². The zero-order chi connectivity index (χ0) is 14.5. The predicted molar refractivity (Wildman–Crippen MR) is 73.7 cm³/mol. The molecule has 0 bridgehead atoms. The fourth-order valence-corrected chi connectivity index (χ4v) is 1.66. The summed E-state index contributed by atoms with van der Waals surface area (Å²) in [6, 6.07) is 5.52. The molecule has 20 heavy (non-hydrogen) atoms. The molecule has 6 heteroatoms. The van der Waals surface area contributed by atoms with Crippen LogP contribution in [-0.2, 0) is 9.59 Å².